The number of aromatic amines is 1. The van der Waals surface area contributed by atoms with Gasteiger partial charge in [0, 0.05) is 73.3 Å². The Labute approximate surface area is 295 Å². The van der Waals surface area contributed by atoms with Gasteiger partial charge in [-0.2, -0.15) is 0 Å². The highest BCUT2D eigenvalue weighted by atomic mass is 35.5. The monoisotopic (exact) mass is 692 g/mol. The Balaban J connectivity index is 1.10. The SMILES string of the molecule is CNC(=O)[C@H](CCCc1ccccc1)NC(=O)C1CN(C(=O)Cc2c[nH]c3cc(Cl)ccc23)CC2CN(C(=O)c3ccc4cccn4c3)CC21. The Kier molecular flexibility index (Phi) is 9.63. The van der Waals surface area contributed by atoms with E-state index in [2.05, 4.69) is 27.8 Å². The smallest absolute Gasteiger partial charge is 0.255 e. The zero-order valence-electron chi connectivity index (χ0n) is 28.0. The molecule has 7 rings (SSSR count). The van der Waals surface area contributed by atoms with Crippen molar-refractivity contribution in [3.05, 3.63) is 113 Å². The maximum Gasteiger partial charge on any atom is 0.255 e. The van der Waals surface area contributed by atoms with Gasteiger partial charge in [-0.3, -0.25) is 19.2 Å². The number of carbonyl (C=O) groups excluding carboxylic acids is 4. The van der Waals surface area contributed by atoms with Gasteiger partial charge < -0.3 is 29.8 Å². The van der Waals surface area contributed by atoms with Gasteiger partial charge in [0.1, 0.15) is 6.04 Å². The van der Waals surface area contributed by atoms with E-state index in [9.17, 15) is 19.2 Å². The van der Waals surface area contributed by atoms with Crippen LogP contribution in [0.3, 0.4) is 0 Å². The number of hydrogen-bond donors (Lipinski definition) is 3. The molecular weight excluding hydrogens is 652 g/mol. The Morgan fingerprint density at radius 3 is 2.58 bits per heavy atom. The summed E-state index contributed by atoms with van der Waals surface area (Å²) < 4.78 is 1.92. The third-order valence-electron chi connectivity index (χ3n) is 10.4. The van der Waals surface area contributed by atoms with Crippen LogP contribution in [-0.2, 0) is 27.2 Å². The highest BCUT2D eigenvalue weighted by molar-refractivity contribution is 6.31. The number of halogens is 1. The van der Waals surface area contributed by atoms with E-state index in [0.717, 1.165) is 28.4 Å². The van der Waals surface area contributed by atoms with Gasteiger partial charge >= 0.3 is 0 Å². The average molecular weight is 693 g/mol. The molecule has 10 nitrogen and oxygen atoms in total. The first-order valence-electron chi connectivity index (χ1n) is 17.2. The summed E-state index contributed by atoms with van der Waals surface area (Å²) >= 11 is 6.18. The van der Waals surface area contributed by atoms with Gasteiger partial charge in [0.2, 0.25) is 17.7 Å². The van der Waals surface area contributed by atoms with Crippen LogP contribution < -0.4 is 10.6 Å². The van der Waals surface area contributed by atoms with Crippen molar-refractivity contribution in [2.24, 2.45) is 17.8 Å². The number of H-pyrrole nitrogens is 1. The lowest BCUT2D eigenvalue weighted by Crippen LogP contribution is -2.56. The molecule has 2 aliphatic heterocycles. The van der Waals surface area contributed by atoms with Crippen LogP contribution in [0.25, 0.3) is 16.4 Å². The van der Waals surface area contributed by atoms with Gasteiger partial charge in [0.15, 0.2) is 0 Å². The van der Waals surface area contributed by atoms with Gasteiger partial charge in [-0.15, -0.1) is 0 Å². The molecule has 0 saturated carbocycles. The van der Waals surface area contributed by atoms with Gasteiger partial charge in [0.05, 0.1) is 17.9 Å². The number of pyridine rings is 1. The maximum atomic E-state index is 14.2. The minimum Gasteiger partial charge on any atom is -0.361 e. The molecule has 258 valence electrons. The minimum absolute atomic E-state index is 0.0920. The second kappa shape index (κ2) is 14.4. The third kappa shape index (κ3) is 6.98. The lowest BCUT2D eigenvalue weighted by Gasteiger charge is -2.40. The fourth-order valence-electron chi connectivity index (χ4n) is 7.72. The van der Waals surface area contributed by atoms with Crippen molar-refractivity contribution < 1.29 is 19.2 Å². The summed E-state index contributed by atoms with van der Waals surface area (Å²) in [4.78, 5) is 61.7. The summed E-state index contributed by atoms with van der Waals surface area (Å²) in [5.41, 5.74) is 4.44. The molecule has 5 aromatic rings. The van der Waals surface area contributed by atoms with Gasteiger partial charge in [-0.25, -0.2) is 0 Å². The summed E-state index contributed by atoms with van der Waals surface area (Å²) in [6.07, 6.45) is 7.70. The van der Waals surface area contributed by atoms with Crippen molar-refractivity contribution in [2.75, 3.05) is 33.2 Å². The van der Waals surface area contributed by atoms with E-state index < -0.39 is 12.0 Å². The standard InChI is InChI=1S/C39H41ClN6O4/c1-41-38(49)34(11-5-9-25-7-3-2-4-8-25)43-37(48)33-24-45(36(47)17-27-19-42-35-18-29(40)13-15-31(27)35)21-28-22-46(23-32(28)33)39(50)26-12-14-30-10-6-16-44(30)20-26/h2-4,6-8,10,12-16,18-20,28,32-34,42H,5,9,11,17,21-24H2,1H3,(H,41,49)(H,43,48)/t28?,32?,33?,34-/m0/s1. The first kappa shape index (κ1) is 33.4. The van der Waals surface area contributed by atoms with E-state index in [1.165, 1.54) is 5.56 Å². The number of aromatic nitrogens is 2. The second-order valence-corrected chi connectivity index (χ2v) is 14.0. The number of likely N-dealkylation sites (N-methyl/N-ethyl adjacent to an activating group) is 1. The van der Waals surface area contributed by atoms with E-state index in [4.69, 9.17) is 11.6 Å². The van der Waals surface area contributed by atoms with Crippen LogP contribution >= 0.6 is 11.6 Å². The molecule has 4 amide bonds. The number of hydrogen-bond acceptors (Lipinski definition) is 4. The molecule has 2 aliphatic rings. The summed E-state index contributed by atoms with van der Waals surface area (Å²) in [6, 6.07) is 22.5. The molecule has 3 aromatic heterocycles. The molecule has 0 aliphatic carbocycles. The lowest BCUT2D eigenvalue weighted by atomic mass is 9.79. The quantitative estimate of drug-likeness (QED) is 0.196. The van der Waals surface area contributed by atoms with Crippen LogP contribution in [0.5, 0.6) is 0 Å². The second-order valence-electron chi connectivity index (χ2n) is 13.5. The van der Waals surface area contributed by atoms with Gasteiger partial charge in [-0.1, -0.05) is 48.0 Å². The summed E-state index contributed by atoms with van der Waals surface area (Å²) in [6.45, 7) is 1.48. The number of nitrogens with one attached hydrogen (secondary N) is 3. The highest BCUT2D eigenvalue weighted by Gasteiger charge is 2.48. The molecule has 0 spiro atoms. The van der Waals surface area contributed by atoms with E-state index >= 15 is 0 Å². The molecule has 50 heavy (non-hydrogen) atoms. The topological polar surface area (TPSA) is 119 Å². The highest BCUT2D eigenvalue weighted by Crippen LogP contribution is 2.37. The fourth-order valence-corrected chi connectivity index (χ4v) is 7.89. The predicted octanol–water partition coefficient (Wildman–Crippen LogP) is 4.72. The largest absolute Gasteiger partial charge is 0.361 e. The van der Waals surface area contributed by atoms with E-state index in [-0.39, 0.29) is 48.4 Å². The van der Waals surface area contributed by atoms with Crippen LogP contribution in [0.2, 0.25) is 5.02 Å². The van der Waals surface area contributed by atoms with Crippen molar-refractivity contribution in [3.63, 3.8) is 0 Å². The molecule has 2 saturated heterocycles. The van der Waals surface area contributed by atoms with Crippen molar-refractivity contribution in [3.8, 4) is 0 Å². The minimum atomic E-state index is -0.716. The summed E-state index contributed by atoms with van der Waals surface area (Å²) in [7, 11) is 1.57. The number of rotatable bonds is 10. The van der Waals surface area contributed by atoms with Crippen molar-refractivity contribution in [1.29, 1.82) is 0 Å². The number of nitrogens with zero attached hydrogens (tertiary/aromatic N) is 3. The van der Waals surface area contributed by atoms with E-state index in [1.54, 1.807) is 18.0 Å². The van der Waals surface area contributed by atoms with Crippen molar-refractivity contribution in [1.82, 2.24) is 29.8 Å². The number of aryl methyl sites for hydroxylation is 1. The Hall–Kier alpha value is -5.09. The molecule has 4 atom stereocenters. The molecular formula is C39H41ClN6O4. The van der Waals surface area contributed by atoms with Gasteiger partial charge in [0.25, 0.3) is 5.91 Å². The number of benzene rings is 2. The van der Waals surface area contributed by atoms with Crippen LogP contribution in [-0.4, -0.2) is 82.1 Å². The average Bonchev–Trinajstić information content (AvgIpc) is 3.88. The lowest BCUT2D eigenvalue weighted by molar-refractivity contribution is -0.140. The molecule has 0 radical (unpaired) electrons. The van der Waals surface area contributed by atoms with Crippen molar-refractivity contribution in [2.45, 2.75) is 31.7 Å². The number of carbonyl (C=O) groups is 4. The molecule has 5 heterocycles. The zero-order chi connectivity index (χ0) is 34.8. The Bertz CT molecular complexity index is 2040. The Morgan fingerprint density at radius 1 is 0.940 bits per heavy atom. The molecule has 2 aromatic carbocycles. The normalized spacial score (nSPS) is 19.4. The molecule has 2 fully saturated rings. The number of piperidine rings is 1. The third-order valence-corrected chi connectivity index (χ3v) is 10.6. The van der Waals surface area contributed by atoms with Crippen LogP contribution in [0, 0.1) is 17.8 Å². The van der Waals surface area contributed by atoms with Gasteiger partial charge in [-0.05, 0) is 78.6 Å². The first-order chi connectivity index (χ1) is 24.3. The number of fused-ring (bicyclic) bond motifs is 3. The van der Waals surface area contributed by atoms with E-state index in [0.29, 0.717) is 43.1 Å². The summed E-state index contributed by atoms with van der Waals surface area (Å²) in [5.74, 6) is -1.57. The number of likely N-dealkylation sites (tertiary alicyclic amines) is 2. The molecule has 0 bridgehead atoms. The molecule has 3 unspecified atom stereocenters. The van der Waals surface area contributed by atoms with Crippen molar-refractivity contribution >= 4 is 51.6 Å². The summed E-state index contributed by atoms with van der Waals surface area (Å²) in [5, 5.41) is 7.29. The molecule has 11 heteroatoms. The molecule has 3 N–H and O–H groups in total. The zero-order valence-corrected chi connectivity index (χ0v) is 28.7. The number of amides is 4. The van der Waals surface area contributed by atoms with Crippen LogP contribution in [0.15, 0.2) is 91.4 Å². The maximum absolute atomic E-state index is 14.2. The van der Waals surface area contributed by atoms with Crippen LogP contribution in [0.4, 0.5) is 0 Å². The predicted molar refractivity (Wildman–Crippen MR) is 193 cm³/mol. The first-order valence-corrected chi connectivity index (χ1v) is 17.6. The fraction of sp³-hybridized carbons (Fsp3) is 0.333. The van der Waals surface area contributed by atoms with E-state index in [1.807, 2.05) is 82.5 Å². The van der Waals surface area contributed by atoms with Crippen LogP contribution in [0.1, 0.15) is 34.3 Å². The Morgan fingerprint density at radius 2 is 1.76 bits per heavy atom.